The second-order valence-corrected chi connectivity index (χ2v) is 7.45. The average molecular weight is 327 g/mol. The monoisotopic (exact) mass is 327 g/mol. The number of nitrogens with one attached hydrogen (secondary N) is 2. The van der Waals surface area contributed by atoms with Crippen LogP contribution in [0.1, 0.15) is 10.4 Å². The van der Waals surface area contributed by atoms with Gasteiger partial charge in [0.25, 0.3) is 0 Å². The summed E-state index contributed by atoms with van der Waals surface area (Å²) in [5, 5.41) is 2.99. The number of ether oxygens (including phenoxy) is 1. The molecular formula is C13H17N3O3S2. The maximum Gasteiger partial charge on any atom is 0.250 e. The second-order valence-electron chi connectivity index (χ2n) is 4.28. The smallest absolute Gasteiger partial charge is 0.250 e. The number of aromatic nitrogens is 1. The van der Waals surface area contributed by atoms with Gasteiger partial charge in [-0.1, -0.05) is 6.07 Å². The lowest BCUT2D eigenvalue weighted by molar-refractivity contribution is 0.397. The van der Waals surface area contributed by atoms with Crippen molar-refractivity contribution in [2.45, 2.75) is 17.3 Å². The van der Waals surface area contributed by atoms with Crippen LogP contribution in [0.25, 0.3) is 0 Å². The fourth-order valence-electron chi connectivity index (χ4n) is 1.66. The fourth-order valence-corrected chi connectivity index (χ4v) is 4.09. The molecule has 2 N–H and O–H groups in total. The van der Waals surface area contributed by atoms with Crippen LogP contribution in [0.3, 0.4) is 0 Å². The topological polar surface area (TPSA) is 80.3 Å². The van der Waals surface area contributed by atoms with Crippen LogP contribution in [0.15, 0.2) is 34.7 Å². The first-order chi connectivity index (χ1) is 10.0. The van der Waals surface area contributed by atoms with Crippen molar-refractivity contribution in [2.24, 2.45) is 0 Å². The molecule has 0 atom stereocenters. The maximum absolute atomic E-state index is 12.2. The molecule has 0 spiro atoms. The van der Waals surface area contributed by atoms with Gasteiger partial charge in [0.05, 0.1) is 7.11 Å². The summed E-state index contributed by atoms with van der Waals surface area (Å²) in [5.41, 5.74) is 0.770. The highest BCUT2D eigenvalue weighted by atomic mass is 32.2. The van der Waals surface area contributed by atoms with Gasteiger partial charge >= 0.3 is 0 Å². The number of nitrogens with zero attached hydrogens (tertiary/aromatic N) is 1. The van der Waals surface area contributed by atoms with E-state index in [-0.39, 0.29) is 6.54 Å². The number of thiophene rings is 1. The third-order valence-electron chi connectivity index (χ3n) is 2.73. The number of hydrogen-bond acceptors (Lipinski definition) is 6. The molecular weight excluding hydrogens is 310 g/mol. The zero-order valence-corrected chi connectivity index (χ0v) is 13.4. The van der Waals surface area contributed by atoms with Crippen molar-refractivity contribution in [1.29, 1.82) is 0 Å². The molecule has 0 bridgehead atoms. The zero-order chi connectivity index (χ0) is 15.3. The molecule has 8 heteroatoms. The van der Waals surface area contributed by atoms with Crippen LogP contribution >= 0.6 is 11.3 Å². The van der Waals surface area contributed by atoms with E-state index in [0.717, 1.165) is 10.4 Å². The highest BCUT2D eigenvalue weighted by Crippen LogP contribution is 2.21. The van der Waals surface area contributed by atoms with Crippen LogP contribution in [0.5, 0.6) is 5.88 Å². The summed E-state index contributed by atoms with van der Waals surface area (Å²) in [5.74, 6) is 0.497. The highest BCUT2D eigenvalue weighted by molar-refractivity contribution is 7.91. The molecule has 0 fully saturated rings. The van der Waals surface area contributed by atoms with Crippen molar-refractivity contribution in [3.05, 3.63) is 40.9 Å². The van der Waals surface area contributed by atoms with Crippen molar-refractivity contribution < 1.29 is 13.2 Å². The first kappa shape index (κ1) is 15.9. The van der Waals surface area contributed by atoms with Crippen molar-refractivity contribution in [3.63, 3.8) is 0 Å². The third-order valence-corrected chi connectivity index (χ3v) is 5.70. The molecule has 6 nitrogen and oxygen atoms in total. The summed E-state index contributed by atoms with van der Waals surface area (Å²) in [4.78, 5) is 5.01. The Hall–Kier alpha value is -1.48. The third kappa shape index (κ3) is 4.24. The van der Waals surface area contributed by atoms with Gasteiger partial charge in [0.1, 0.15) is 4.21 Å². The summed E-state index contributed by atoms with van der Waals surface area (Å²) in [7, 11) is -0.136. The van der Waals surface area contributed by atoms with Crippen molar-refractivity contribution in [3.8, 4) is 5.88 Å². The minimum Gasteiger partial charge on any atom is -0.481 e. The minimum absolute atomic E-state index is 0.193. The summed E-state index contributed by atoms with van der Waals surface area (Å²) in [6.45, 7) is 0.848. The lowest BCUT2D eigenvalue weighted by Gasteiger charge is -2.05. The van der Waals surface area contributed by atoms with E-state index in [2.05, 4.69) is 15.0 Å². The van der Waals surface area contributed by atoms with Crippen molar-refractivity contribution in [1.82, 2.24) is 15.0 Å². The lowest BCUT2D eigenvalue weighted by Crippen LogP contribution is -2.22. The first-order valence-electron chi connectivity index (χ1n) is 6.27. The molecule has 0 aliphatic rings. The van der Waals surface area contributed by atoms with Crippen molar-refractivity contribution in [2.75, 3.05) is 14.2 Å². The van der Waals surface area contributed by atoms with Crippen LogP contribution in [0.2, 0.25) is 0 Å². The van der Waals surface area contributed by atoms with E-state index in [0.29, 0.717) is 16.6 Å². The Balaban J connectivity index is 2.02. The number of pyridine rings is 1. The largest absolute Gasteiger partial charge is 0.481 e. The number of sulfonamides is 1. The molecule has 114 valence electrons. The molecule has 2 aromatic rings. The molecule has 2 rings (SSSR count). The molecule has 0 aliphatic heterocycles. The molecule has 21 heavy (non-hydrogen) atoms. The van der Waals surface area contributed by atoms with E-state index in [1.54, 1.807) is 24.4 Å². The van der Waals surface area contributed by atoms with E-state index in [1.807, 2.05) is 13.1 Å². The van der Waals surface area contributed by atoms with Gasteiger partial charge in [-0.2, -0.15) is 0 Å². The van der Waals surface area contributed by atoms with E-state index >= 15 is 0 Å². The zero-order valence-electron chi connectivity index (χ0n) is 11.8. The second kappa shape index (κ2) is 6.99. The highest BCUT2D eigenvalue weighted by Gasteiger charge is 2.16. The van der Waals surface area contributed by atoms with E-state index in [9.17, 15) is 8.42 Å². The summed E-state index contributed by atoms with van der Waals surface area (Å²) in [6, 6.07) is 6.89. The Kier molecular flexibility index (Phi) is 5.29. The lowest BCUT2D eigenvalue weighted by atomic mass is 10.3. The molecule has 0 aliphatic carbocycles. The van der Waals surface area contributed by atoms with Gasteiger partial charge in [-0.15, -0.1) is 11.3 Å². The standard InChI is InChI=1S/C13H17N3O3S2/c1-14-9-11-4-6-13(20-11)21(17,18)16-8-10-3-5-12(19-2)15-7-10/h3-7,14,16H,8-9H2,1-2H3. The molecule has 0 saturated heterocycles. The van der Waals surface area contributed by atoms with Gasteiger partial charge in [0, 0.05) is 30.2 Å². The van der Waals surface area contributed by atoms with Crippen LogP contribution < -0.4 is 14.8 Å². The normalized spacial score (nSPS) is 11.5. The molecule has 0 unspecified atom stereocenters. The summed E-state index contributed by atoms with van der Waals surface area (Å²) in [6.07, 6.45) is 1.59. The number of hydrogen-bond donors (Lipinski definition) is 2. The van der Waals surface area contributed by atoms with Crippen LogP contribution in [-0.2, 0) is 23.1 Å². The van der Waals surface area contributed by atoms with E-state index in [1.165, 1.54) is 18.4 Å². The van der Waals surface area contributed by atoms with Gasteiger partial charge in [-0.25, -0.2) is 18.1 Å². The van der Waals surface area contributed by atoms with Crippen LogP contribution in [-0.4, -0.2) is 27.6 Å². The predicted octanol–water partition coefficient (Wildman–Crippen LogP) is 1.35. The van der Waals surface area contributed by atoms with Gasteiger partial charge in [-0.3, -0.25) is 0 Å². The van der Waals surface area contributed by atoms with Gasteiger partial charge in [0.15, 0.2) is 0 Å². The van der Waals surface area contributed by atoms with Crippen LogP contribution in [0, 0.1) is 0 Å². The average Bonchev–Trinajstić information content (AvgIpc) is 2.96. The fraction of sp³-hybridized carbons (Fsp3) is 0.308. The molecule has 0 aromatic carbocycles. The summed E-state index contributed by atoms with van der Waals surface area (Å²) < 4.78 is 32.2. The Morgan fingerprint density at radius 1 is 1.24 bits per heavy atom. The van der Waals surface area contributed by atoms with E-state index < -0.39 is 10.0 Å². The Morgan fingerprint density at radius 2 is 2.05 bits per heavy atom. The van der Waals surface area contributed by atoms with Gasteiger partial charge < -0.3 is 10.1 Å². The molecule has 2 aromatic heterocycles. The Bertz CT molecular complexity index is 681. The minimum atomic E-state index is -3.49. The Morgan fingerprint density at radius 3 is 2.67 bits per heavy atom. The summed E-state index contributed by atoms with van der Waals surface area (Å²) >= 11 is 1.26. The van der Waals surface area contributed by atoms with Crippen LogP contribution in [0.4, 0.5) is 0 Å². The Labute approximate surface area is 128 Å². The maximum atomic E-state index is 12.2. The van der Waals surface area contributed by atoms with Gasteiger partial charge in [0.2, 0.25) is 15.9 Å². The number of methoxy groups -OCH3 is 1. The molecule has 0 amide bonds. The van der Waals surface area contributed by atoms with Gasteiger partial charge in [-0.05, 0) is 24.7 Å². The quantitative estimate of drug-likeness (QED) is 0.802. The molecule has 0 saturated carbocycles. The van der Waals surface area contributed by atoms with Crippen molar-refractivity contribution >= 4 is 21.4 Å². The molecule has 2 heterocycles. The number of rotatable bonds is 7. The van der Waals surface area contributed by atoms with E-state index in [4.69, 9.17) is 4.74 Å². The molecule has 0 radical (unpaired) electrons. The first-order valence-corrected chi connectivity index (χ1v) is 8.57. The predicted molar refractivity (Wildman–Crippen MR) is 81.9 cm³/mol. The SMILES string of the molecule is CNCc1ccc(S(=O)(=O)NCc2ccc(OC)nc2)s1.